The number of nitrogens with zero attached hydrogens (tertiary/aromatic N) is 2. The molecule has 2 aromatic rings. The van der Waals surface area contributed by atoms with E-state index >= 15 is 0 Å². The molecule has 2 amide bonds. The van der Waals surface area contributed by atoms with Crippen molar-refractivity contribution in [3.8, 4) is 23.0 Å². The molecule has 8 rings (SSSR count). The average molecular weight is 599 g/mol. The highest BCUT2D eigenvalue weighted by molar-refractivity contribution is 8.78. The van der Waals surface area contributed by atoms with Crippen molar-refractivity contribution < 1.29 is 48.7 Å². The molecule has 212 valence electrons. The highest BCUT2D eigenvalue weighted by Gasteiger charge is 2.78. The molecule has 6 unspecified atom stereocenters. The van der Waals surface area contributed by atoms with Crippen molar-refractivity contribution in [1.29, 1.82) is 0 Å². The molecule has 2 spiro atoms. The number of ether oxygens (including phenoxy) is 4. The number of phenolic OH excluding ortho intramolecular Hbond substituents is 1. The van der Waals surface area contributed by atoms with Gasteiger partial charge in [0.05, 0.1) is 25.2 Å². The molecule has 41 heavy (non-hydrogen) atoms. The van der Waals surface area contributed by atoms with Crippen molar-refractivity contribution in [3.05, 3.63) is 71.7 Å². The molecule has 7 bridgehead atoms. The van der Waals surface area contributed by atoms with E-state index in [1.807, 2.05) is 0 Å². The highest BCUT2D eigenvalue weighted by atomic mass is 33.1. The van der Waals surface area contributed by atoms with Crippen molar-refractivity contribution in [1.82, 2.24) is 9.80 Å². The van der Waals surface area contributed by atoms with E-state index in [9.17, 15) is 29.7 Å². The van der Waals surface area contributed by atoms with Crippen molar-refractivity contribution in [2.45, 2.75) is 34.1 Å². The summed E-state index contributed by atoms with van der Waals surface area (Å²) in [6, 6.07) is 7.26. The SMILES string of the molecule is COc1ccc2cc1Oc1cc(ccc1O)C(O)C13SSC4(C(=O)N1C)C(O)C1=COC=CC(OC2=O)C1N4C3=O. The maximum absolute atomic E-state index is 14.5. The third-order valence-corrected chi connectivity index (χ3v) is 11.6. The van der Waals surface area contributed by atoms with Gasteiger partial charge in [0.1, 0.15) is 24.4 Å². The van der Waals surface area contributed by atoms with Gasteiger partial charge >= 0.3 is 5.97 Å². The fraction of sp³-hybridized carbons (Fsp3) is 0.296. The molecule has 4 saturated heterocycles. The van der Waals surface area contributed by atoms with Gasteiger partial charge in [0, 0.05) is 12.6 Å². The molecule has 12 nitrogen and oxygen atoms in total. The molecule has 0 radical (unpaired) electrons. The number of piperazine rings is 1. The minimum atomic E-state index is -1.88. The van der Waals surface area contributed by atoms with E-state index in [4.69, 9.17) is 18.9 Å². The van der Waals surface area contributed by atoms with Crippen LogP contribution in [0.3, 0.4) is 0 Å². The maximum atomic E-state index is 14.5. The number of aliphatic hydroxyl groups is 2. The number of likely N-dealkylation sites (N-methyl/N-ethyl adjacent to an activating group) is 1. The minimum Gasteiger partial charge on any atom is -0.504 e. The Hall–Kier alpha value is -3.85. The molecule has 14 heteroatoms. The summed E-state index contributed by atoms with van der Waals surface area (Å²) in [6.07, 6.45) is -0.351. The van der Waals surface area contributed by atoms with Gasteiger partial charge in [-0.3, -0.25) is 9.59 Å². The number of aromatic hydroxyl groups is 1. The molecule has 6 atom stereocenters. The number of aliphatic hydroxyl groups excluding tert-OH is 2. The van der Waals surface area contributed by atoms with Crippen molar-refractivity contribution in [3.63, 3.8) is 0 Å². The van der Waals surface area contributed by atoms with Crippen molar-refractivity contribution in [2.24, 2.45) is 0 Å². The molecule has 2 aromatic carbocycles. The summed E-state index contributed by atoms with van der Waals surface area (Å²) < 4.78 is 22.6. The van der Waals surface area contributed by atoms with Crippen LogP contribution < -0.4 is 9.47 Å². The van der Waals surface area contributed by atoms with Crippen LogP contribution in [-0.4, -0.2) is 85.1 Å². The molecule has 6 aliphatic rings. The first-order chi connectivity index (χ1) is 19.6. The smallest absolute Gasteiger partial charge is 0.338 e. The monoisotopic (exact) mass is 598 g/mol. The number of carbonyl (C=O) groups is 3. The minimum absolute atomic E-state index is 0.0624. The number of hydrogen-bond acceptors (Lipinski definition) is 12. The molecular formula is C27H22N2O10S2. The van der Waals surface area contributed by atoms with Gasteiger partial charge < -0.3 is 44.1 Å². The van der Waals surface area contributed by atoms with Crippen LogP contribution in [0.5, 0.6) is 23.0 Å². The van der Waals surface area contributed by atoms with Gasteiger partial charge in [0.25, 0.3) is 11.8 Å². The lowest BCUT2D eigenvalue weighted by atomic mass is 9.93. The number of methoxy groups -OCH3 is 1. The van der Waals surface area contributed by atoms with Gasteiger partial charge in [0.2, 0.25) is 9.74 Å². The zero-order valence-electron chi connectivity index (χ0n) is 21.4. The molecule has 6 aliphatic heterocycles. The zero-order valence-corrected chi connectivity index (χ0v) is 23.0. The molecule has 6 heterocycles. The summed E-state index contributed by atoms with van der Waals surface area (Å²) >= 11 is 0. The van der Waals surface area contributed by atoms with Crippen molar-refractivity contribution in [2.75, 3.05) is 14.2 Å². The Morgan fingerprint density at radius 1 is 0.976 bits per heavy atom. The zero-order chi connectivity index (χ0) is 28.8. The van der Waals surface area contributed by atoms with Crippen LogP contribution in [-0.2, 0) is 19.1 Å². The number of hydrogen-bond donors (Lipinski definition) is 3. The van der Waals surface area contributed by atoms with E-state index in [1.54, 1.807) is 0 Å². The van der Waals surface area contributed by atoms with Crippen LogP contribution in [0.15, 0.2) is 60.6 Å². The Labute approximate surface area is 240 Å². The lowest BCUT2D eigenvalue weighted by molar-refractivity contribution is -0.175. The lowest BCUT2D eigenvalue weighted by Gasteiger charge is -2.60. The summed E-state index contributed by atoms with van der Waals surface area (Å²) in [6.45, 7) is 0. The number of benzene rings is 2. The van der Waals surface area contributed by atoms with Crippen molar-refractivity contribution >= 4 is 39.4 Å². The Balaban J connectivity index is 1.49. The summed E-state index contributed by atoms with van der Waals surface area (Å²) in [7, 11) is 4.70. The number of rotatable bonds is 1. The number of amides is 2. The van der Waals surface area contributed by atoms with Crippen LogP contribution in [0.4, 0.5) is 0 Å². The van der Waals surface area contributed by atoms with Crippen LogP contribution in [0.2, 0.25) is 0 Å². The normalized spacial score (nSPS) is 33.2. The molecule has 3 N–H and O–H groups in total. The van der Waals surface area contributed by atoms with E-state index in [0.29, 0.717) is 0 Å². The third kappa shape index (κ3) is 3.24. The second-order valence-corrected chi connectivity index (χ2v) is 12.6. The first kappa shape index (κ1) is 26.1. The topological polar surface area (TPSA) is 155 Å². The van der Waals surface area contributed by atoms with Crippen LogP contribution in [0.1, 0.15) is 22.0 Å². The van der Waals surface area contributed by atoms with E-state index in [0.717, 1.165) is 26.5 Å². The first-order valence-electron chi connectivity index (χ1n) is 12.4. The van der Waals surface area contributed by atoms with Crippen LogP contribution in [0.25, 0.3) is 0 Å². The summed E-state index contributed by atoms with van der Waals surface area (Å²) in [4.78, 5) is 40.7. The molecule has 0 aromatic heterocycles. The second kappa shape index (κ2) is 8.82. The lowest BCUT2D eigenvalue weighted by Crippen LogP contribution is -2.79. The van der Waals surface area contributed by atoms with Crippen LogP contribution in [0, 0.1) is 0 Å². The Bertz CT molecular complexity index is 1600. The largest absolute Gasteiger partial charge is 0.504 e. The maximum Gasteiger partial charge on any atom is 0.338 e. The number of carbonyl (C=O) groups excluding carboxylic acids is 3. The number of esters is 1. The van der Waals surface area contributed by atoms with Gasteiger partial charge in [0.15, 0.2) is 23.0 Å². The van der Waals surface area contributed by atoms with E-state index < -0.39 is 51.9 Å². The third-order valence-electron chi connectivity index (χ3n) is 7.99. The number of phenols is 1. The highest BCUT2D eigenvalue weighted by Crippen LogP contribution is 2.67. The second-order valence-electron chi connectivity index (χ2n) is 10.00. The quantitative estimate of drug-likeness (QED) is 0.325. The predicted octanol–water partition coefficient (Wildman–Crippen LogP) is 2.02. The Morgan fingerprint density at radius 2 is 1.76 bits per heavy atom. The number of fused-ring (bicyclic) bond motifs is 6. The summed E-state index contributed by atoms with van der Waals surface area (Å²) in [5.41, 5.74) is 0.396. The first-order valence-corrected chi connectivity index (χ1v) is 14.6. The van der Waals surface area contributed by atoms with Gasteiger partial charge in [-0.15, -0.1) is 0 Å². The fourth-order valence-corrected chi connectivity index (χ4v) is 9.76. The van der Waals surface area contributed by atoms with E-state index in [-0.39, 0.29) is 39.7 Å². The Morgan fingerprint density at radius 3 is 2.54 bits per heavy atom. The van der Waals surface area contributed by atoms with Gasteiger partial charge in [-0.05, 0) is 63.6 Å². The summed E-state index contributed by atoms with van der Waals surface area (Å²) in [5, 5.41) is 34.0. The molecule has 4 fully saturated rings. The van der Waals surface area contributed by atoms with Gasteiger partial charge in [-0.25, -0.2) is 4.79 Å². The van der Waals surface area contributed by atoms with Gasteiger partial charge in [-0.2, -0.15) is 0 Å². The molecular weight excluding hydrogens is 576 g/mol. The fourth-order valence-electron chi connectivity index (χ4n) is 5.89. The Kier molecular flexibility index (Phi) is 5.61. The van der Waals surface area contributed by atoms with Crippen LogP contribution >= 0.6 is 21.6 Å². The van der Waals surface area contributed by atoms with E-state index in [1.165, 1.54) is 74.1 Å². The standard InChI is InChI=1S/C27H22N2O10S2/c1-28-24(34)27-22(32)14-11-37-8-7-17-20(14)29(27)25(35)26(28,40-41-27)21(31)12-3-5-15(30)18(9-12)38-19-10-13(23(33)39-17)4-6-16(19)36-2/h3-11,17,20-22,30-32H,1-2H3. The van der Waals surface area contributed by atoms with E-state index in [2.05, 4.69) is 0 Å². The predicted molar refractivity (Wildman–Crippen MR) is 144 cm³/mol. The van der Waals surface area contributed by atoms with Gasteiger partial charge in [-0.1, -0.05) is 6.07 Å². The summed E-state index contributed by atoms with van der Waals surface area (Å²) in [5.74, 6) is -2.15. The average Bonchev–Trinajstić information content (AvgIpc) is 3.07. The molecule has 0 aliphatic carbocycles. The molecule has 0 saturated carbocycles.